The molecule has 0 saturated heterocycles. The van der Waals surface area contributed by atoms with Crippen molar-refractivity contribution in [3.8, 4) is 6.07 Å². The molecular formula is C17H10N2O3. The summed E-state index contributed by atoms with van der Waals surface area (Å²) in [6.07, 6.45) is 0.00738. The van der Waals surface area contributed by atoms with Crippen molar-refractivity contribution in [1.29, 1.82) is 5.26 Å². The molecule has 0 unspecified atom stereocenters. The first kappa shape index (κ1) is 15.0. The first-order valence-corrected chi connectivity index (χ1v) is 6.32. The molecule has 0 radical (unpaired) electrons. The van der Waals surface area contributed by atoms with Crippen molar-refractivity contribution in [2.75, 3.05) is 0 Å². The maximum Gasteiger partial charge on any atom is 0.336 e. The Labute approximate surface area is 126 Å². The van der Waals surface area contributed by atoms with Crippen LogP contribution in [0.4, 0.5) is 5.69 Å². The Morgan fingerprint density at radius 1 is 1.14 bits per heavy atom. The van der Waals surface area contributed by atoms with E-state index in [0.717, 1.165) is 0 Å². The lowest BCUT2D eigenvalue weighted by Gasteiger charge is -2.06. The van der Waals surface area contributed by atoms with E-state index in [9.17, 15) is 9.59 Å². The number of ketones is 1. The molecule has 22 heavy (non-hydrogen) atoms. The number of carboxylic acids is 1. The third-order valence-electron chi connectivity index (χ3n) is 3.11. The van der Waals surface area contributed by atoms with Crippen LogP contribution in [0.5, 0.6) is 0 Å². The number of benzene rings is 2. The Morgan fingerprint density at radius 3 is 2.36 bits per heavy atom. The number of carbonyl (C=O) groups excluding carboxylic acids is 1. The number of rotatable bonds is 4. The van der Waals surface area contributed by atoms with Crippen LogP contribution >= 0.6 is 0 Å². The topological polar surface area (TPSA) is 82.5 Å². The van der Waals surface area contributed by atoms with Crippen LogP contribution in [0.2, 0.25) is 0 Å². The summed E-state index contributed by atoms with van der Waals surface area (Å²) in [5.74, 6) is -1.59. The van der Waals surface area contributed by atoms with Crippen molar-refractivity contribution in [2.24, 2.45) is 0 Å². The van der Waals surface area contributed by atoms with Crippen molar-refractivity contribution in [1.82, 2.24) is 0 Å². The molecule has 0 aromatic heterocycles. The van der Waals surface area contributed by atoms with Gasteiger partial charge in [0, 0.05) is 12.0 Å². The van der Waals surface area contributed by atoms with Crippen LogP contribution in [0.3, 0.4) is 0 Å². The molecule has 1 N–H and O–H groups in total. The second kappa shape index (κ2) is 6.34. The lowest BCUT2D eigenvalue weighted by atomic mass is 9.97. The zero-order valence-corrected chi connectivity index (χ0v) is 11.4. The molecule has 0 fully saturated rings. The highest BCUT2D eigenvalue weighted by atomic mass is 16.4. The summed E-state index contributed by atoms with van der Waals surface area (Å²) in [6, 6.07) is 12.4. The van der Waals surface area contributed by atoms with Gasteiger partial charge in [0.15, 0.2) is 11.5 Å². The lowest BCUT2D eigenvalue weighted by molar-refractivity contribution is 0.0692. The van der Waals surface area contributed by atoms with Crippen LogP contribution in [0, 0.1) is 17.9 Å². The molecule has 0 atom stereocenters. The number of carboxylic acid groups (broad SMARTS) is 1. The third kappa shape index (κ3) is 3.17. The van der Waals surface area contributed by atoms with Crippen LogP contribution < -0.4 is 0 Å². The number of hydrogen-bond donors (Lipinski definition) is 1. The van der Waals surface area contributed by atoms with Gasteiger partial charge in [-0.25, -0.2) is 9.64 Å². The van der Waals surface area contributed by atoms with Gasteiger partial charge in [-0.05, 0) is 23.8 Å². The van der Waals surface area contributed by atoms with Gasteiger partial charge in [-0.3, -0.25) is 4.79 Å². The fourth-order valence-electron chi connectivity index (χ4n) is 2.00. The molecule has 5 nitrogen and oxygen atoms in total. The molecule has 2 aromatic rings. The van der Waals surface area contributed by atoms with Crippen LogP contribution in [0.25, 0.3) is 4.85 Å². The average Bonchev–Trinajstić information content (AvgIpc) is 2.54. The molecule has 0 bridgehead atoms. The normalized spacial score (nSPS) is 9.55. The van der Waals surface area contributed by atoms with Gasteiger partial charge >= 0.3 is 5.97 Å². The lowest BCUT2D eigenvalue weighted by Crippen LogP contribution is -2.10. The number of nitriles is 1. The van der Waals surface area contributed by atoms with Crippen molar-refractivity contribution in [2.45, 2.75) is 6.42 Å². The minimum atomic E-state index is -1.21. The van der Waals surface area contributed by atoms with E-state index in [-0.39, 0.29) is 29.0 Å². The predicted molar refractivity (Wildman–Crippen MR) is 78.9 cm³/mol. The second-order valence-electron chi connectivity index (χ2n) is 4.56. The summed E-state index contributed by atoms with van der Waals surface area (Å²) in [5, 5.41) is 17.9. The first-order chi connectivity index (χ1) is 10.5. The molecule has 0 spiro atoms. The number of aromatic carboxylic acids is 1. The van der Waals surface area contributed by atoms with E-state index in [1.807, 2.05) is 6.07 Å². The fourth-order valence-corrected chi connectivity index (χ4v) is 2.00. The standard InChI is InChI=1S/C17H10N2O3/c1-19-13-6-7-14(17(21)22)15(9-13)16(20)8-11-2-4-12(10-18)5-3-11/h2-7,9H,8H2,(H,21,22). The Balaban J connectivity index is 2.34. The monoisotopic (exact) mass is 290 g/mol. The van der Waals surface area contributed by atoms with Crippen molar-refractivity contribution >= 4 is 17.4 Å². The van der Waals surface area contributed by atoms with Crippen molar-refractivity contribution in [3.63, 3.8) is 0 Å². The molecule has 0 aliphatic carbocycles. The zero-order valence-electron chi connectivity index (χ0n) is 11.4. The maximum absolute atomic E-state index is 12.3. The summed E-state index contributed by atoms with van der Waals surface area (Å²) in [7, 11) is 0. The number of hydrogen-bond acceptors (Lipinski definition) is 3. The first-order valence-electron chi connectivity index (χ1n) is 6.32. The zero-order chi connectivity index (χ0) is 16.1. The Morgan fingerprint density at radius 2 is 1.82 bits per heavy atom. The highest BCUT2D eigenvalue weighted by Crippen LogP contribution is 2.20. The average molecular weight is 290 g/mol. The number of nitrogens with zero attached hydrogens (tertiary/aromatic N) is 2. The SMILES string of the molecule is [C-]#[N+]c1ccc(C(=O)O)c(C(=O)Cc2ccc(C#N)cc2)c1. The number of carbonyl (C=O) groups is 2. The molecule has 0 aliphatic heterocycles. The summed E-state index contributed by atoms with van der Waals surface area (Å²) in [6.45, 7) is 6.96. The molecule has 106 valence electrons. The van der Waals surface area contributed by atoms with E-state index in [4.69, 9.17) is 16.9 Å². The van der Waals surface area contributed by atoms with Crippen LogP contribution in [-0.4, -0.2) is 16.9 Å². The quantitative estimate of drug-likeness (QED) is 0.692. The van der Waals surface area contributed by atoms with Crippen LogP contribution in [0.1, 0.15) is 31.8 Å². The van der Waals surface area contributed by atoms with Gasteiger partial charge in [-0.15, -0.1) is 0 Å². The van der Waals surface area contributed by atoms with E-state index in [1.54, 1.807) is 24.3 Å². The van der Waals surface area contributed by atoms with Gasteiger partial charge < -0.3 is 5.11 Å². The smallest absolute Gasteiger partial charge is 0.336 e. The van der Waals surface area contributed by atoms with Gasteiger partial charge in [0.1, 0.15) is 0 Å². The second-order valence-corrected chi connectivity index (χ2v) is 4.56. The molecule has 0 saturated carbocycles. The maximum atomic E-state index is 12.3. The van der Waals surface area contributed by atoms with Crippen LogP contribution in [-0.2, 0) is 6.42 Å². The van der Waals surface area contributed by atoms with E-state index in [0.29, 0.717) is 11.1 Å². The highest BCUT2D eigenvalue weighted by molar-refractivity contribution is 6.07. The Hall–Kier alpha value is -3.44. The molecule has 0 heterocycles. The van der Waals surface area contributed by atoms with E-state index in [1.165, 1.54) is 18.2 Å². The number of Topliss-reactive ketones (excluding diaryl/α,β-unsaturated/α-hetero) is 1. The predicted octanol–water partition coefficient (Wildman–Crippen LogP) is 3.23. The summed E-state index contributed by atoms with van der Waals surface area (Å²) < 4.78 is 0. The minimum Gasteiger partial charge on any atom is -0.478 e. The summed E-state index contributed by atoms with van der Waals surface area (Å²) in [5.41, 5.74) is 1.27. The van der Waals surface area contributed by atoms with Gasteiger partial charge in [0.25, 0.3) is 0 Å². The van der Waals surface area contributed by atoms with Gasteiger partial charge in [0.2, 0.25) is 0 Å². The molecule has 0 amide bonds. The highest BCUT2D eigenvalue weighted by Gasteiger charge is 2.17. The molecule has 0 aliphatic rings. The molecule has 5 heteroatoms. The minimum absolute atomic E-state index is 0.00738. The third-order valence-corrected chi connectivity index (χ3v) is 3.11. The van der Waals surface area contributed by atoms with E-state index >= 15 is 0 Å². The fraction of sp³-hybridized carbons (Fsp3) is 0.0588. The van der Waals surface area contributed by atoms with E-state index < -0.39 is 5.97 Å². The van der Waals surface area contributed by atoms with Crippen molar-refractivity contribution in [3.05, 3.63) is 76.1 Å². The molecular weight excluding hydrogens is 280 g/mol. The molecule has 2 aromatic carbocycles. The summed E-state index contributed by atoms with van der Waals surface area (Å²) in [4.78, 5) is 26.7. The van der Waals surface area contributed by atoms with Crippen LogP contribution in [0.15, 0.2) is 42.5 Å². The molecule has 2 rings (SSSR count). The van der Waals surface area contributed by atoms with Crippen molar-refractivity contribution < 1.29 is 14.7 Å². The van der Waals surface area contributed by atoms with Gasteiger partial charge in [-0.2, -0.15) is 5.26 Å². The van der Waals surface area contributed by atoms with Gasteiger partial charge in [0.05, 0.1) is 23.8 Å². The van der Waals surface area contributed by atoms with Gasteiger partial charge in [-0.1, -0.05) is 24.3 Å². The summed E-state index contributed by atoms with van der Waals surface area (Å²) >= 11 is 0. The Kier molecular flexibility index (Phi) is 4.31. The largest absolute Gasteiger partial charge is 0.478 e. The van der Waals surface area contributed by atoms with E-state index in [2.05, 4.69) is 4.85 Å². The Bertz CT molecular complexity index is 824.